The van der Waals surface area contributed by atoms with Crippen LogP contribution >= 0.6 is 0 Å². The zero-order valence-electron chi connectivity index (χ0n) is 28.9. The lowest BCUT2D eigenvalue weighted by Crippen LogP contribution is -2.32. The van der Waals surface area contributed by atoms with Crippen LogP contribution in [-0.2, 0) is 6.67 Å². The Balaban J connectivity index is 1.52. The maximum atomic E-state index is 5.49. The summed E-state index contributed by atoms with van der Waals surface area (Å²) in [4.78, 5) is 32.5. The highest BCUT2D eigenvalue weighted by Crippen LogP contribution is 2.44. The molecule has 49 heavy (non-hydrogen) atoms. The number of hydrogen-bond acceptors (Lipinski definition) is 6. The molecule has 0 saturated carbocycles. The fourth-order valence-electron chi connectivity index (χ4n) is 8.31. The molecule has 8 heteroatoms. The normalized spacial score (nSPS) is 18.8. The summed E-state index contributed by atoms with van der Waals surface area (Å²) in [5, 5.41) is 4.30. The standard InChI is InChI=1S/C41H34N8/c1-18-9-10-19(2)27-26(18)34-42-35(27)45-39-32-24(7)15-16-25(8)33(32)41-47-37-29-21(4)12-11-20(3)28(29)36(43-37)46-40-31-23(6)14-13-22(5)30(31)38(44-34)48(40)17-49(39)41/h9-16H,17H2,1-8H3/b44-34-,44-38?,45-35?,45-39-,46-36-,46-40?,47-37?,47-41-. The van der Waals surface area contributed by atoms with Crippen molar-refractivity contribution < 1.29 is 0 Å². The summed E-state index contributed by atoms with van der Waals surface area (Å²) in [6, 6.07) is 17.4. The number of aliphatic imine (C=N–C) groups is 4. The summed E-state index contributed by atoms with van der Waals surface area (Å²) >= 11 is 0. The second-order valence-electron chi connectivity index (χ2n) is 14.1. The van der Waals surface area contributed by atoms with Crippen molar-refractivity contribution in [2.75, 3.05) is 0 Å². The van der Waals surface area contributed by atoms with Gasteiger partial charge in [-0.15, -0.1) is 0 Å². The minimum absolute atomic E-state index is 0.417. The topological polar surface area (TPSA) is 84.0 Å². The Morgan fingerprint density at radius 1 is 0.347 bits per heavy atom. The van der Waals surface area contributed by atoms with E-state index >= 15 is 0 Å². The van der Waals surface area contributed by atoms with Crippen molar-refractivity contribution >= 4 is 56.5 Å². The molecule has 0 unspecified atom stereocenters. The monoisotopic (exact) mass is 638 g/mol. The van der Waals surface area contributed by atoms with Gasteiger partial charge in [-0.3, -0.25) is 9.13 Å². The molecule has 0 aliphatic carbocycles. The van der Waals surface area contributed by atoms with Crippen LogP contribution in [0.1, 0.15) is 66.8 Å². The Labute approximate surface area is 283 Å². The van der Waals surface area contributed by atoms with Crippen molar-refractivity contribution in [3.8, 4) is 0 Å². The molecular formula is C41H34N8. The number of fused-ring (bicyclic) bond motifs is 14. The van der Waals surface area contributed by atoms with Crippen molar-refractivity contribution in [1.29, 1.82) is 0 Å². The lowest BCUT2D eigenvalue weighted by molar-refractivity contribution is 0.583. The van der Waals surface area contributed by atoms with Gasteiger partial charge in [0, 0.05) is 43.8 Å². The van der Waals surface area contributed by atoms with Crippen LogP contribution in [0.15, 0.2) is 78.5 Å². The number of hydrogen-bond donors (Lipinski definition) is 0. The molecule has 0 saturated heterocycles. The van der Waals surface area contributed by atoms with E-state index in [0.29, 0.717) is 30.0 Å². The van der Waals surface area contributed by atoms with Gasteiger partial charge in [0.05, 0.1) is 0 Å². The highest BCUT2D eigenvalue weighted by molar-refractivity contribution is 6.26. The van der Waals surface area contributed by atoms with E-state index in [1.807, 2.05) is 0 Å². The van der Waals surface area contributed by atoms with E-state index in [1.165, 1.54) is 0 Å². The van der Waals surface area contributed by atoms with Gasteiger partial charge in [-0.25, -0.2) is 30.0 Å². The van der Waals surface area contributed by atoms with Gasteiger partial charge in [0.25, 0.3) is 0 Å². The Bertz CT molecular complexity index is 2680. The van der Waals surface area contributed by atoms with Gasteiger partial charge in [-0.05, 0) is 99.9 Å². The van der Waals surface area contributed by atoms with Crippen LogP contribution in [0.25, 0.3) is 21.5 Å². The number of aryl methyl sites for hydroxylation is 8. The minimum Gasteiger partial charge on any atom is -0.291 e. The molecule has 4 aliphatic rings. The first-order valence-corrected chi connectivity index (χ1v) is 16.9. The second-order valence-corrected chi connectivity index (χ2v) is 14.1. The molecule has 0 atom stereocenters. The summed E-state index contributed by atoms with van der Waals surface area (Å²) in [5.74, 6) is 4.39. The summed E-state index contributed by atoms with van der Waals surface area (Å²) < 4.78 is 4.50. The summed E-state index contributed by atoms with van der Waals surface area (Å²) in [7, 11) is 0. The summed E-state index contributed by atoms with van der Waals surface area (Å²) in [6.45, 7) is 17.6. The lowest BCUT2D eigenvalue weighted by Gasteiger charge is -2.13. The zero-order chi connectivity index (χ0) is 33.6. The number of benzene rings is 4. The SMILES string of the molecule is Cc1ccc(C)c2c1C1=NC/2=N\c2c3c(C)ccc(C)c3c3n2Cn2/c(c4c(C)ccc(C)c4/c2=N/C2=NC(=N\3)/c3c(C)ccc(C)c32)=N\1. The van der Waals surface area contributed by atoms with Crippen LogP contribution in [0.3, 0.4) is 0 Å². The third-order valence-electron chi connectivity index (χ3n) is 10.9. The molecule has 6 heterocycles. The second kappa shape index (κ2) is 9.44. The Morgan fingerprint density at radius 3 is 1.02 bits per heavy atom. The van der Waals surface area contributed by atoms with Gasteiger partial charge in [0.1, 0.15) is 29.3 Å². The van der Waals surface area contributed by atoms with E-state index in [2.05, 4.69) is 113 Å². The van der Waals surface area contributed by atoms with Gasteiger partial charge >= 0.3 is 0 Å². The average molecular weight is 639 g/mol. The zero-order valence-corrected chi connectivity index (χ0v) is 28.9. The Morgan fingerprint density at radius 2 is 0.653 bits per heavy atom. The van der Waals surface area contributed by atoms with Crippen molar-refractivity contribution in [3.63, 3.8) is 0 Å². The molecule has 6 aromatic rings. The van der Waals surface area contributed by atoms with Gasteiger partial charge in [0.15, 0.2) is 23.3 Å². The quantitative estimate of drug-likeness (QED) is 0.165. The summed E-state index contributed by atoms with van der Waals surface area (Å²) in [5.41, 5.74) is 14.8. The maximum Gasteiger partial charge on any atom is 0.165 e. The van der Waals surface area contributed by atoms with Crippen LogP contribution in [0, 0.1) is 55.4 Å². The maximum absolute atomic E-state index is 5.49. The first kappa shape index (κ1) is 28.3. The molecule has 0 amide bonds. The molecule has 10 rings (SSSR count). The molecule has 0 spiro atoms. The molecule has 0 radical (unpaired) electrons. The van der Waals surface area contributed by atoms with Crippen molar-refractivity contribution in [3.05, 3.63) is 126 Å². The molecule has 0 fully saturated rings. The number of rotatable bonds is 0. The third kappa shape index (κ3) is 3.58. The minimum atomic E-state index is 0.417. The van der Waals surface area contributed by atoms with Crippen molar-refractivity contribution in [1.82, 2.24) is 9.13 Å². The molecule has 6 bridgehead atoms. The van der Waals surface area contributed by atoms with Gasteiger partial charge in [0.2, 0.25) is 0 Å². The first-order chi connectivity index (χ1) is 23.6. The lowest BCUT2D eigenvalue weighted by atomic mass is 9.97. The fourth-order valence-corrected chi connectivity index (χ4v) is 8.31. The van der Waals surface area contributed by atoms with Crippen LogP contribution in [0.4, 0.5) is 11.6 Å². The largest absolute Gasteiger partial charge is 0.291 e. The number of aromatic nitrogens is 2. The summed E-state index contributed by atoms with van der Waals surface area (Å²) in [6.07, 6.45) is 0. The highest BCUT2D eigenvalue weighted by atomic mass is 15.3. The van der Waals surface area contributed by atoms with Gasteiger partial charge in [-0.1, -0.05) is 48.5 Å². The van der Waals surface area contributed by atoms with E-state index < -0.39 is 0 Å². The Hall–Kier alpha value is -5.76. The first-order valence-electron chi connectivity index (χ1n) is 16.9. The number of amidine groups is 4. The number of nitrogens with zero attached hydrogens (tertiary/aromatic N) is 8. The van der Waals surface area contributed by atoms with Gasteiger partial charge < -0.3 is 0 Å². The molecule has 2 aromatic heterocycles. The van der Waals surface area contributed by atoms with Crippen LogP contribution < -0.4 is 11.0 Å². The molecule has 8 nitrogen and oxygen atoms in total. The van der Waals surface area contributed by atoms with E-state index in [9.17, 15) is 0 Å². The predicted octanol–water partition coefficient (Wildman–Crippen LogP) is 7.51. The fraction of sp³-hybridized carbons (Fsp3) is 0.220. The van der Waals surface area contributed by atoms with Crippen LogP contribution in [0.2, 0.25) is 0 Å². The molecule has 238 valence electrons. The van der Waals surface area contributed by atoms with Crippen LogP contribution in [-0.4, -0.2) is 32.5 Å². The average Bonchev–Trinajstić information content (AvgIpc) is 3.79. The highest BCUT2D eigenvalue weighted by Gasteiger charge is 2.33. The molecular weight excluding hydrogens is 605 g/mol. The van der Waals surface area contributed by atoms with Gasteiger partial charge in [-0.2, -0.15) is 0 Å². The Kier molecular flexibility index (Phi) is 5.45. The molecule has 0 N–H and O–H groups in total. The molecule has 4 aromatic carbocycles. The van der Waals surface area contributed by atoms with E-state index in [1.54, 1.807) is 0 Å². The van der Waals surface area contributed by atoms with Crippen molar-refractivity contribution in [2.24, 2.45) is 30.0 Å². The smallest absolute Gasteiger partial charge is 0.165 e. The van der Waals surface area contributed by atoms with Crippen molar-refractivity contribution in [2.45, 2.75) is 62.1 Å². The molecule has 4 aliphatic heterocycles. The van der Waals surface area contributed by atoms with E-state index in [0.717, 1.165) is 111 Å². The van der Waals surface area contributed by atoms with E-state index in [-0.39, 0.29) is 0 Å². The third-order valence-corrected chi connectivity index (χ3v) is 10.9. The van der Waals surface area contributed by atoms with Crippen LogP contribution in [0.5, 0.6) is 0 Å². The van der Waals surface area contributed by atoms with E-state index in [4.69, 9.17) is 30.0 Å². The predicted molar refractivity (Wildman–Crippen MR) is 198 cm³/mol.